The van der Waals surface area contributed by atoms with Crippen LogP contribution in [0.2, 0.25) is 0 Å². The summed E-state index contributed by atoms with van der Waals surface area (Å²) in [6.07, 6.45) is 5.77. The minimum Gasteiger partial charge on any atom is -0.350 e. The van der Waals surface area contributed by atoms with Crippen LogP contribution in [0.5, 0.6) is 0 Å². The first kappa shape index (κ1) is 11.0. The van der Waals surface area contributed by atoms with Crippen molar-refractivity contribution in [2.24, 2.45) is 5.92 Å². The summed E-state index contributed by atoms with van der Waals surface area (Å²) in [7, 11) is 0. The predicted molar refractivity (Wildman–Crippen MR) is 58.9 cm³/mol. The van der Waals surface area contributed by atoms with E-state index >= 15 is 0 Å². The van der Waals surface area contributed by atoms with Crippen molar-refractivity contribution < 1.29 is 4.79 Å². The Morgan fingerprint density at radius 2 is 1.93 bits per heavy atom. The average Bonchev–Trinajstić information content (AvgIpc) is 2.18. The van der Waals surface area contributed by atoms with E-state index in [2.05, 4.69) is 25.4 Å². The summed E-state index contributed by atoms with van der Waals surface area (Å²) in [5.41, 5.74) is 1.28. The summed E-state index contributed by atoms with van der Waals surface area (Å²) >= 11 is 0. The molecule has 0 spiro atoms. The van der Waals surface area contributed by atoms with Gasteiger partial charge in [-0.05, 0) is 44.6 Å². The fraction of sp³-hybridized carbons (Fsp3) is 0.583. The zero-order valence-electron chi connectivity index (χ0n) is 8.88. The van der Waals surface area contributed by atoms with Crippen molar-refractivity contribution in [1.29, 1.82) is 0 Å². The van der Waals surface area contributed by atoms with Crippen LogP contribution in [0.1, 0.15) is 32.6 Å². The fourth-order valence-electron chi connectivity index (χ4n) is 1.99. The Hall–Kier alpha value is -1.05. The van der Waals surface area contributed by atoms with Crippen LogP contribution >= 0.6 is 0 Å². The molecule has 1 amide bonds. The van der Waals surface area contributed by atoms with Gasteiger partial charge in [0.1, 0.15) is 0 Å². The smallest absolute Gasteiger partial charge is 0.243 e. The summed E-state index contributed by atoms with van der Waals surface area (Å²) in [5.74, 6) is 0.607. The first-order chi connectivity index (χ1) is 6.63. The molecule has 1 fully saturated rings. The third kappa shape index (κ3) is 3.02. The monoisotopic (exact) mass is 193 g/mol. The Morgan fingerprint density at radius 3 is 2.36 bits per heavy atom. The van der Waals surface area contributed by atoms with Crippen LogP contribution in [0.25, 0.3) is 0 Å². The predicted octanol–water partition coefficient (Wildman–Crippen LogP) is 2.42. The standard InChI is InChI=1S/C12H19NO/c1-4-12(14)13-11-7-5-10(6-8-11)9(2)3/h4,10-11H,1-2,5-8H2,3H3,(H,13,14)/t10-,11-. The molecule has 1 aliphatic rings. The minimum atomic E-state index is -0.0521. The van der Waals surface area contributed by atoms with Crippen LogP contribution < -0.4 is 5.32 Å². The molecule has 0 aromatic heterocycles. The molecule has 0 unspecified atom stereocenters. The lowest BCUT2D eigenvalue weighted by Crippen LogP contribution is -2.36. The van der Waals surface area contributed by atoms with Gasteiger partial charge in [0.25, 0.3) is 0 Å². The largest absolute Gasteiger partial charge is 0.350 e. The molecule has 0 heterocycles. The Bertz CT molecular complexity index is 237. The summed E-state index contributed by atoms with van der Waals surface area (Å²) in [6.45, 7) is 9.51. The molecule has 14 heavy (non-hydrogen) atoms. The second-order valence-corrected chi connectivity index (χ2v) is 4.11. The molecule has 0 aromatic rings. The van der Waals surface area contributed by atoms with Gasteiger partial charge in [-0.15, -0.1) is 0 Å². The normalized spacial score (nSPS) is 26.6. The molecule has 0 aromatic carbocycles. The average molecular weight is 193 g/mol. The van der Waals surface area contributed by atoms with Crippen molar-refractivity contribution in [3.8, 4) is 0 Å². The topological polar surface area (TPSA) is 29.1 Å². The second-order valence-electron chi connectivity index (χ2n) is 4.11. The van der Waals surface area contributed by atoms with E-state index in [4.69, 9.17) is 0 Å². The number of carbonyl (C=O) groups is 1. The van der Waals surface area contributed by atoms with Gasteiger partial charge in [-0.25, -0.2) is 0 Å². The molecule has 2 nitrogen and oxygen atoms in total. The van der Waals surface area contributed by atoms with Gasteiger partial charge in [-0.2, -0.15) is 0 Å². The van der Waals surface area contributed by atoms with Crippen LogP contribution in [-0.4, -0.2) is 11.9 Å². The van der Waals surface area contributed by atoms with Crippen LogP contribution in [0, 0.1) is 5.92 Å². The van der Waals surface area contributed by atoms with E-state index in [9.17, 15) is 4.79 Å². The molecule has 0 radical (unpaired) electrons. The van der Waals surface area contributed by atoms with E-state index in [0.717, 1.165) is 25.7 Å². The molecule has 0 aliphatic heterocycles. The molecule has 0 bridgehead atoms. The number of hydrogen-bond acceptors (Lipinski definition) is 1. The lowest BCUT2D eigenvalue weighted by molar-refractivity contribution is -0.117. The molecule has 1 rings (SSSR count). The molecule has 0 saturated heterocycles. The number of amides is 1. The maximum absolute atomic E-state index is 11.0. The highest BCUT2D eigenvalue weighted by Crippen LogP contribution is 2.28. The highest BCUT2D eigenvalue weighted by Gasteiger charge is 2.21. The molecule has 1 N–H and O–H groups in total. The lowest BCUT2D eigenvalue weighted by atomic mass is 9.82. The first-order valence-corrected chi connectivity index (χ1v) is 5.21. The third-order valence-corrected chi connectivity index (χ3v) is 2.96. The Morgan fingerprint density at radius 1 is 1.36 bits per heavy atom. The van der Waals surface area contributed by atoms with Gasteiger partial charge in [-0.1, -0.05) is 18.7 Å². The molecular weight excluding hydrogens is 174 g/mol. The van der Waals surface area contributed by atoms with E-state index in [1.54, 1.807) is 0 Å². The van der Waals surface area contributed by atoms with Crippen LogP contribution in [0.4, 0.5) is 0 Å². The van der Waals surface area contributed by atoms with Gasteiger partial charge >= 0.3 is 0 Å². The highest BCUT2D eigenvalue weighted by molar-refractivity contribution is 5.87. The van der Waals surface area contributed by atoms with Gasteiger partial charge in [0.15, 0.2) is 0 Å². The maximum atomic E-state index is 11.0. The number of hydrogen-bond donors (Lipinski definition) is 1. The zero-order valence-corrected chi connectivity index (χ0v) is 8.88. The van der Waals surface area contributed by atoms with Crippen LogP contribution in [0.3, 0.4) is 0 Å². The number of allylic oxidation sites excluding steroid dienone is 1. The van der Waals surface area contributed by atoms with E-state index in [1.165, 1.54) is 11.6 Å². The number of carbonyl (C=O) groups excluding carboxylic acids is 1. The molecule has 78 valence electrons. The SMILES string of the molecule is C=CC(=O)N[C@H]1CC[C@H](C(=C)C)CC1. The van der Waals surface area contributed by atoms with Crippen molar-refractivity contribution >= 4 is 5.91 Å². The van der Waals surface area contributed by atoms with Crippen molar-refractivity contribution in [3.05, 3.63) is 24.8 Å². The van der Waals surface area contributed by atoms with E-state index in [-0.39, 0.29) is 5.91 Å². The van der Waals surface area contributed by atoms with Crippen LogP contribution in [-0.2, 0) is 4.79 Å². The lowest BCUT2D eigenvalue weighted by Gasteiger charge is -2.29. The van der Waals surface area contributed by atoms with Gasteiger partial charge in [0, 0.05) is 6.04 Å². The van der Waals surface area contributed by atoms with E-state index in [0.29, 0.717) is 12.0 Å². The quantitative estimate of drug-likeness (QED) is 0.541. The molecule has 0 atom stereocenters. The molecular formula is C12H19NO. The van der Waals surface area contributed by atoms with Gasteiger partial charge in [0.2, 0.25) is 5.91 Å². The Kier molecular flexibility index (Phi) is 3.93. The zero-order chi connectivity index (χ0) is 10.6. The fourth-order valence-corrected chi connectivity index (χ4v) is 1.99. The third-order valence-electron chi connectivity index (χ3n) is 2.96. The van der Waals surface area contributed by atoms with Crippen LogP contribution in [0.15, 0.2) is 24.8 Å². The van der Waals surface area contributed by atoms with Gasteiger partial charge in [-0.3, -0.25) is 4.79 Å². The number of rotatable bonds is 3. The van der Waals surface area contributed by atoms with Crippen molar-refractivity contribution in [2.45, 2.75) is 38.6 Å². The van der Waals surface area contributed by atoms with Gasteiger partial charge in [0.05, 0.1) is 0 Å². The molecule has 1 aliphatic carbocycles. The van der Waals surface area contributed by atoms with Crippen molar-refractivity contribution in [1.82, 2.24) is 5.32 Å². The Balaban J connectivity index is 2.32. The van der Waals surface area contributed by atoms with Crippen molar-refractivity contribution in [3.63, 3.8) is 0 Å². The summed E-state index contributed by atoms with van der Waals surface area (Å²) in [5, 5.41) is 2.94. The van der Waals surface area contributed by atoms with E-state index in [1.807, 2.05) is 0 Å². The van der Waals surface area contributed by atoms with E-state index < -0.39 is 0 Å². The molecule has 1 saturated carbocycles. The van der Waals surface area contributed by atoms with Crippen molar-refractivity contribution in [2.75, 3.05) is 0 Å². The summed E-state index contributed by atoms with van der Waals surface area (Å²) < 4.78 is 0. The first-order valence-electron chi connectivity index (χ1n) is 5.21. The van der Waals surface area contributed by atoms with Gasteiger partial charge < -0.3 is 5.32 Å². The molecule has 2 heteroatoms. The number of nitrogens with one attached hydrogen (secondary N) is 1. The second kappa shape index (κ2) is 4.99. The maximum Gasteiger partial charge on any atom is 0.243 e. The summed E-state index contributed by atoms with van der Waals surface area (Å²) in [4.78, 5) is 11.0. The summed E-state index contributed by atoms with van der Waals surface area (Å²) in [6, 6.07) is 0.344. The highest BCUT2D eigenvalue weighted by atomic mass is 16.1. The Labute approximate surface area is 86.1 Å². The minimum absolute atomic E-state index is 0.0521.